The first-order valence-electron chi connectivity index (χ1n) is 10.1. The fraction of sp³-hybridized carbons (Fsp3) is 0.667. The minimum Gasteiger partial charge on any atom is -0.468 e. The average Bonchev–Trinajstić information content (AvgIpc) is 3.53. The lowest BCUT2D eigenvalue weighted by atomic mass is 9.80. The molecule has 9 heteroatoms. The van der Waals surface area contributed by atoms with E-state index in [2.05, 4.69) is 4.99 Å². The molecule has 0 N–H and O–H groups in total. The standard InChI is InChI=1S/C21H30N2O7/c1-6-9-23(10-14-7-8-14)15(24)11-30-21(27)18-16(19(25)28-4)12(2)22-13(3)17(18)20(26)29-5/h14,16,18H,6-11H2,1-5H3/t16?,18-/m0/s1. The van der Waals surface area contributed by atoms with Gasteiger partial charge in [0.15, 0.2) is 6.61 Å². The molecule has 1 aliphatic carbocycles. The number of esters is 3. The van der Waals surface area contributed by atoms with E-state index in [1.165, 1.54) is 14.2 Å². The molecule has 1 aliphatic heterocycles. The number of carbonyl (C=O) groups excluding carboxylic acids is 4. The number of hydrogen-bond acceptors (Lipinski definition) is 8. The largest absolute Gasteiger partial charge is 0.468 e. The van der Waals surface area contributed by atoms with E-state index >= 15 is 0 Å². The number of aliphatic imine (C=N–C) groups is 1. The van der Waals surface area contributed by atoms with Gasteiger partial charge in [-0.15, -0.1) is 0 Å². The van der Waals surface area contributed by atoms with Gasteiger partial charge in [0.1, 0.15) is 11.8 Å². The number of rotatable bonds is 9. The summed E-state index contributed by atoms with van der Waals surface area (Å²) >= 11 is 0. The molecule has 2 rings (SSSR count). The molecular weight excluding hydrogens is 392 g/mol. The van der Waals surface area contributed by atoms with Crippen molar-refractivity contribution in [3.63, 3.8) is 0 Å². The van der Waals surface area contributed by atoms with E-state index in [-0.39, 0.29) is 17.2 Å². The molecule has 0 saturated heterocycles. The molecule has 1 heterocycles. The Hall–Kier alpha value is -2.71. The Morgan fingerprint density at radius 2 is 1.70 bits per heavy atom. The lowest BCUT2D eigenvalue weighted by molar-refractivity contribution is -0.160. The van der Waals surface area contributed by atoms with E-state index in [9.17, 15) is 19.2 Å². The second-order valence-corrected chi connectivity index (χ2v) is 7.61. The van der Waals surface area contributed by atoms with Crippen molar-refractivity contribution in [2.45, 2.75) is 40.0 Å². The summed E-state index contributed by atoms with van der Waals surface area (Å²) in [6.45, 7) is 5.87. The van der Waals surface area contributed by atoms with Crippen LogP contribution in [0.2, 0.25) is 0 Å². The maximum atomic E-state index is 13.0. The zero-order valence-electron chi connectivity index (χ0n) is 18.2. The molecule has 2 atom stereocenters. The monoisotopic (exact) mass is 422 g/mol. The molecule has 0 spiro atoms. The van der Waals surface area contributed by atoms with E-state index in [1.807, 2.05) is 6.92 Å². The second-order valence-electron chi connectivity index (χ2n) is 7.61. The summed E-state index contributed by atoms with van der Waals surface area (Å²) in [5, 5.41) is 0. The molecule has 0 aromatic heterocycles. The van der Waals surface area contributed by atoms with Gasteiger partial charge in [0.05, 0.1) is 19.8 Å². The molecule has 9 nitrogen and oxygen atoms in total. The maximum absolute atomic E-state index is 13.0. The van der Waals surface area contributed by atoms with Crippen molar-refractivity contribution in [2.75, 3.05) is 33.9 Å². The lowest BCUT2D eigenvalue weighted by Crippen LogP contribution is -2.43. The number of ether oxygens (including phenoxy) is 3. The number of amides is 1. The molecule has 1 saturated carbocycles. The fourth-order valence-electron chi connectivity index (χ4n) is 3.61. The number of nitrogens with zero attached hydrogens (tertiary/aromatic N) is 2. The molecule has 166 valence electrons. The van der Waals surface area contributed by atoms with Gasteiger partial charge < -0.3 is 19.1 Å². The van der Waals surface area contributed by atoms with Gasteiger partial charge in [-0.3, -0.25) is 19.4 Å². The van der Waals surface area contributed by atoms with Crippen molar-refractivity contribution in [2.24, 2.45) is 22.7 Å². The first-order valence-corrected chi connectivity index (χ1v) is 10.1. The van der Waals surface area contributed by atoms with Crippen LogP contribution in [0.4, 0.5) is 0 Å². The van der Waals surface area contributed by atoms with Crippen molar-refractivity contribution in [3.8, 4) is 0 Å². The Kier molecular flexibility index (Phi) is 8.14. The Morgan fingerprint density at radius 3 is 2.23 bits per heavy atom. The van der Waals surface area contributed by atoms with Crippen LogP contribution in [0.3, 0.4) is 0 Å². The van der Waals surface area contributed by atoms with Crippen molar-refractivity contribution in [1.29, 1.82) is 0 Å². The Bertz CT molecular complexity index is 767. The van der Waals surface area contributed by atoms with Gasteiger partial charge in [-0.05, 0) is 39.0 Å². The van der Waals surface area contributed by atoms with Crippen LogP contribution in [0.25, 0.3) is 0 Å². The van der Waals surface area contributed by atoms with Gasteiger partial charge in [-0.25, -0.2) is 4.79 Å². The van der Waals surface area contributed by atoms with Crippen LogP contribution in [0.15, 0.2) is 16.3 Å². The number of allylic oxidation sites excluding steroid dienone is 1. The van der Waals surface area contributed by atoms with E-state index < -0.39 is 36.4 Å². The van der Waals surface area contributed by atoms with Gasteiger partial charge in [-0.2, -0.15) is 0 Å². The minimum atomic E-state index is -1.29. The Morgan fingerprint density at radius 1 is 1.03 bits per heavy atom. The van der Waals surface area contributed by atoms with Crippen LogP contribution in [-0.4, -0.2) is 68.3 Å². The molecule has 0 bridgehead atoms. The molecule has 1 fully saturated rings. The zero-order chi connectivity index (χ0) is 22.4. The summed E-state index contributed by atoms with van der Waals surface area (Å²) < 4.78 is 14.9. The van der Waals surface area contributed by atoms with Crippen LogP contribution in [0, 0.1) is 17.8 Å². The third kappa shape index (κ3) is 5.46. The summed E-state index contributed by atoms with van der Waals surface area (Å²) in [5.41, 5.74) is 0.509. The van der Waals surface area contributed by atoms with Gasteiger partial charge in [0.2, 0.25) is 0 Å². The number of hydrogen-bond donors (Lipinski definition) is 0. The van der Waals surface area contributed by atoms with Gasteiger partial charge >= 0.3 is 17.9 Å². The predicted octanol–water partition coefficient (Wildman–Crippen LogP) is 1.51. The van der Waals surface area contributed by atoms with E-state index in [0.29, 0.717) is 24.7 Å². The van der Waals surface area contributed by atoms with Crippen molar-refractivity contribution >= 4 is 29.5 Å². The van der Waals surface area contributed by atoms with Crippen LogP contribution < -0.4 is 0 Å². The summed E-state index contributed by atoms with van der Waals surface area (Å²) in [6.07, 6.45) is 2.99. The first kappa shape index (κ1) is 23.6. The average molecular weight is 422 g/mol. The molecule has 0 aromatic rings. The van der Waals surface area contributed by atoms with Crippen LogP contribution in [0.5, 0.6) is 0 Å². The summed E-state index contributed by atoms with van der Waals surface area (Å²) in [6, 6.07) is 0. The highest BCUT2D eigenvalue weighted by Crippen LogP contribution is 2.33. The molecule has 30 heavy (non-hydrogen) atoms. The fourth-order valence-corrected chi connectivity index (χ4v) is 3.61. The van der Waals surface area contributed by atoms with Crippen molar-refractivity contribution in [1.82, 2.24) is 4.90 Å². The number of carbonyl (C=O) groups is 4. The van der Waals surface area contributed by atoms with E-state index in [0.717, 1.165) is 19.3 Å². The summed E-state index contributed by atoms with van der Waals surface area (Å²) in [5.74, 6) is -4.59. The second kappa shape index (κ2) is 10.4. The number of methoxy groups -OCH3 is 2. The summed E-state index contributed by atoms with van der Waals surface area (Å²) in [7, 11) is 2.36. The molecule has 2 aliphatic rings. The van der Waals surface area contributed by atoms with Gasteiger partial charge in [0.25, 0.3) is 5.91 Å². The maximum Gasteiger partial charge on any atom is 0.336 e. The highest BCUT2D eigenvalue weighted by molar-refractivity contribution is 6.10. The molecule has 0 aromatic carbocycles. The van der Waals surface area contributed by atoms with Crippen LogP contribution in [0.1, 0.15) is 40.0 Å². The van der Waals surface area contributed by atoms with Crippen LogP contribution in [-0.2, 0) is 33.4 Å². The van der Waals surface area contributed by atoms with E-state index in [4.69, 9.17) is 14.2 Å². The molecule has 0 radical (unpaired) electrons. The topological polar surface area (TPSA) is 112 Å². The van der Waals surface area contributed by atoms with Gasteiger partial charge in [-0.1, -0.05) is 6.92 Å². The van der Waals surface area contributed by atoms with Crippen LogP contribution >= 0.6 is 0 Å². The molecule has 1 amide bonds. The third-order valence-electron chi connectivity index (χ3n) is 5.30. The highest BCUT2D eigenvalue weighted by Gasteiger charge is 2.46. The van der Waals surface area contributed by atoms with Gasteiger partial charge in [0, 0.05) is 24.5 Å². The van der Waals surface area contributed by atoms with Crippen molar-refractivity contribution in [3.05, 3.63) is 11.3 Å². The third-order valence-corrected chi connectivity index (χ3v) is 5.30. The van der Waals surface area contributed by atoms with Crippen molar-refractivity contribution < 1.29 is 33.4 Å². The Balaban J connectivity index is 2.21. The summed E-state index contributed by atoms with van der Waals surface area (Å²) in [4.78, 5) is 56.2. The zero-order valence-corrected chi connectivity index (χ0v) is 18.2. The first-order chi connectivity index (χ1) is 14.2. The SMILES string of the molecule is CCCN(CC1CC1)C(=O)COC(=O)[C@@H]1C(C(=O)OC)=C(C)N=C(C)C1C(=O)OC. The van der Waals surface area contributed by atoms with E-state index in [1.54, 1.807) is 18.7 Å². The minimum absolute atomic E-state index is 0.0701. The Labute approximate surface area is 176 Å². The molecule has 1 unspecified atom stereocenters. The predicted molar refractivity (Wildman–Crippen MR) is 107 cm³/mol. The molecular formula is C21H30N2O7. The quantitative estimate of drug-likeness (QED) is 0.409. The highest BCUT2D eigenvalue weighted by atomic mass is 16.5. The normalized spacial score (nSPS) is 20.9. The lowest BCUT2D eigenvalue weighted by Gasteiger charge is -2.29. The smallest absolute Gasteiger partial charge is 0.336 e.